The van der Waals surface area contributed by atoms with Crippen molar-refractivity contribution < 1.29 is 9.13 Å². The van der Waals surface area contributed by atoms with Crippen LogP contribution in [-0.4, -0.2) is 6.61 Å². The summed E-state index contributed by atoms with van der Waals surface area (Å²) in [5.41, 5.74) is 2.30. The van der Waals surface area contributed by atoms with Crippen LogP contribution in [0.15, 0.2) is 48.5 Å². The lowest BCUT2D eigenvalue weighted by Gasteiger charge is -2.08. The second-order valence-electron chi connectivity index (χ2n) is 6.49. The van der Waals surface area contributed by atoms with Gasteiger partial charge in [0.25, 0.3) is 0 Å². The van der Waals surface area contributed by atoms with Crippen molar-refractivity contribution in [3.05, 3.63) is 65.5 Å². The van der Waals surface area contributed by atoms with Crippen molar-refractivity contribution in [2.75, 3.05) is 6.61 Å². The molecule has 2 aromatic rings. The van der Waals surface area contributed by atoms with Crippen LogP contribution in [0.1, 0.15) is 56.6 Å². The van der Waals surface area contributed by atoms with Gasteiger partial charge in [-0.15, -0.1) is 0 Å². The highest BCUT2D eigenvalue weighted by Gasteiger charge is 1.98. The molecule has 3 heteroatoms. The highest BCUT2D eigenvalue weighted by Crippen LogP contribution is 2.13. The van der Waals surface area contributed by atoms with Crippen LogP contribution in [-0.2, 0) is 13.1 Å². The van der Waals surface area contributed by atoms with E-state index in [0.29, 0.717) is 0 Å². The SMILES string of the molecule is CCCCCCCCOc1ccc(CNCc2ccc(F)cc2)cc1. The highest BCUT2D eigenvalue weighted by atomic mass is 19.1. The third kappa shape index (κ3) is 8.17. The van der Waals surface area contributed by atoms with Gasteiger partial charge in [-0.3, -0.25) is 0 Å². The number of hydrogen-bond donors (Lipinski definition) is 1. The maximum absolute atomic E-state index is 12.9. The molecule has 0 unspecified atom stereocenters. The molecule has 2 rings (SSSR count). The van der Waals surface area contributed by atoms with Crippen molar-refractivity contribution in [2.24, 2.45) is 0 Å². The van der Waals surface area contributed by atoms with Gasteiger partial charge in [-0.2, -0.15) is 0 Å². The van der Waals surface area contributed by atoms with Crippen LogP contribution in [0.5, 0.6) is 5.75 Å². The predicted octanol–water partition coefficient (Wildman–Crippen LogP) is 5.85. The van der Waals surface area contributed by atoms with Crippen molar-refractivity contribution in [3.63, 3.8) is 0 Å². The molecule has 0 heterocycles. The van der Waals surface area contributed by atoms with Crippen LogP contribution in [0.25, 0.3) is 0 Å². The maximum Gasteiger partial charge on any atom is 0.123 e. The molecule has 0 saturated heterocycles. The van der Waals surface area contributed by atoms with Crippen molar-refractivity contribution in [2.45, 2.75) is 58.5 Å². The zero-order valence-corrected chi connectivity index (χ0v) is 15.3. The van der Waals surface area contributed by atoms with Crippen LogP contribution in [0.2, 0.25) is 0 Å². The zero-order valence-electron chi connectivity index (χ0n) is 15.3. The topological polar surface area (TPSA) is 21.3 Å². The van der Waals surface area contributed by atoms with E-state index >= 15 is 0 Å². The zero-order chi connectivity index (χ0) is 17.7. The summed E-state index contributed by atoms with van der Waals surface area (Å²) in [7, 11) is 0. The lowest BCUT2D eigenvalue weighted by Crippen LogP contribution is -2.12. The van der Waals surface area contributed by atoms with E-state index < -0.39 is 0 Å². The first-order valence-corrected chi connectivity index (χ1v) is 9.45. The highest BCUT2D eigenvalue weighted by molar-refractivity contribution is 5.27. The standard InChI is InChI=1S/C22H30FNO/c1-2-3-4-5-6-7-16-25-22-14-10-20(11-15-22)18-24-17-19-8-12-21(23)13-9-19/h8-15,24H,2-7,16-18H2,1H3. The second kappa shape index (κ2) is 11.6. The van der Waals surface area contributed by atoms with Gasteiger partial charge in [-0.1, -0.05) is 63.3 Å². The molecule has 0 spiro atoms. The molecule has 136 valence electrons. The molecular weight excluding hydrogens is 313 g/mol. The van der Waals surface area contributed by atoms with Crippen LogP contribution in [0, 0.1) is 5.82 Å². The fraction of sp³-hybridized carbons (Fsp3) is 0.455. The van der Waals surface area contributed by atoms with E-state index in [0.717, 1.165) is 37.4 Å². The van der Waals surface area contributed by atoms with E-state index in [1.165, 1.54) is 49.8 Å². The minimum Gasteiger partial charge on any atom is -0.494 e. The molecule has 0 aliphatic rings. The fourth-order valence-electron chi connectivity index (χ4n) is 2.73. The summed E-state index contributed by atoms with van der Waals surface area (Å²) in [6, 6.07) is 14.9. The van der Waals surface area contributed by atoms with E-state index in [2.05, 4.69) is 24.4 Å². The summed E-state index contributed by atoms with van der Waals surface area (Å²) < 4.78 is 18.7. The van der Waals surface area contributed by atoms with E-state index in [1.807, 2.05) is 24.3 Å². The molecule has 0 aliphatic carbocycles. The Kier molecular flexibility index (Phi) is 9.06. The molecule has 2 nitrogen and oxygen atoms in total. The Labute approximate surface area is 151 Å². The van der Waals surface area contributed by atoms with Gasteiger partial charge in [0.05, 0.1) is 6.61 Å². The summed E-state index contributed by atoms with van der Waals surface area (Å²) in [5, 5.41) is 3.37. The number of unbranched alkanes of at least 4 members (excludes halogenated alkanes) is 5. The molecule has 0 aliphatic heterocycles. The molecule has 0 bridgehead atoms. The van der Waals surface area contributed by atoms with Gasteiger partial charge in [0.1, 0.15) is 11.6 Å². The quantitative estimate of drug-likeness (QED) is 0.488. The average molecular weight is 343 g/mol. The second-order valence-corrected chi connectivity index (χ2v) is 6.49. The Bertz CT molecular complexity index is 580. The number of hydrogen-bond acceptors (Lipinski definition) is 2. The van der Waals surface area contributed by atoms with Crippen molar-refractivity contribution in [1.82, 2.24) is 5.32 Å². The molecule has 0 aromatic heterocycles. The largest absolute Gasteiger partial charge is 0.494 e. The average Bonchev–Trinajstić information content (AvgIpc) is 2.64. The van der Waals surface area contributed by atoms with E-state index in [1.54, 1.807) is 0 Å². The van der Waals surface area contributed by atoms with Gasteiger partial charge >= 0.3 is 0 Å². The fourth-order valence-corrected chi connectivity index (χ4v) is 2.73. The number of benzene rings is 2. The molecule has 0 atom stereocenters. The van der Waals surface area contributed by atoms with Gasteiger partial charge in [-0.05, 0) is 41.8 Å². The van der Waals surface area contributed by atoms with Crippen molar-refractivity contribution in [3.8, 4) is 5.75 Å². The molecule has 25 heavy (non-hydrogen) atoms. The van der Waals surface area contributed by atoms with Gasteiger partial charge in [-0.25, -0.2) is 4.39 Å². The smallest absolute Gasteiger partial charge is 0.123 e. The molecule has 0 fully saturated rings. The molecule has 0 saturated carbocycles. The van der Waals surface area contributed by atoms with Crippen molar-refractivity contribution in [1.29, 1.82) is 0 Å². The first kappa shape index (κ1) is 19.5. The Morgan fingerprint density at radius 1 is 0.760 bits per heavy atom. The molecule has 1 N–H and O–H groups in total. The summed E-state index contributed by atoms with van der Waals surface area (Å²) in [5.74, 6) is 0.746. The summed E-state index contributed by atoms with van der Waals surface area (Å²) in [4.78, 5) is 0. The van der Waals surface area contributed by atoms with Gasteiger partial charge in [0, 0.05) is 13.1 Å². The van der Waals surface area contributed by atoms with E-state index in [4.69, 9.17) is 4.74 Å². The van der Waals surface area contributed by atoms with Crippen molar-refractivity contribution >= 4 is 0 Å². The normalized spacial score (nSPS) is 10.8. The minimum atomic E-state index is -0.194. The van der Waals surface area contributed by atoms with Crippen LogP contribution in [0.3, 0.4) is 0 Å². The maximum atomic E-state index is 12.9. The van der Waals surface area contributed by atoms with Crippen LogP contribution < -0.4 is 10.1 Å². The summed E-state index contributed by atoms with van der Waals surface area (Å²) >= 11 is 0. The summed E-state index contributed by atoms with van der Waals surface area (Å²) in [6.07, 6.45) is 7.68. The Morgan fingerprint density at radius 3 is 1.96 bits per heavy atom. The lowest BCUT2D eigenvalue weighted by atomic mass is 10.1. The molecule has 0 radical (unpaired) electrons. The van der Waals surface area contributed by atoms with Gasteiger partial charge in [0.2, 0.25) is 0 Å². The third-order valence-corrected chi connectivity index (χ3v) is 4.26. The Hall–Kier alpha value is -1.87. The third-order valence-electron chi connectivity index (χ3n) is 4.26. The Balaban J connectivity index is 1.60. The number of ether oxygens (including phenoxy) is 1. The van der Waals surface area contributed by atoms with Crippen LogP contribution in [0.4, 0.5) is 4.39 Å². The van der Waals surface area contributed by atoms with E-state index in [9.17, 15) is 4.39 Å². The summed E-state index contributed by atoms with van der Waals surface area (Å²) in [6.45, 7) is 4.56. The molecule has 2 aromatic carbocycles. The number of nitrogens with one attached hydrogen (secondary N) is 1. The van der Waals surface area contributed by atoms with Gasteiger partial charge in [0.15, 0.2) is 0 Å². The Morgan fingerprint density at radius 2 is 1.32 bits per heavy atom. The predicted molar refractivity (Wildman–Crippen MR) is 102 cm³/mol. The van der Waals surface area contributed by atoms with Gasteiger partial charge < -0.3 is 10.1 Å². The molecule has 0 amide bonds. The first-order valence-electron chi connectivity index (χ1n) is 9.45. The lowest BCUT2D eigenvalue weighted by molar-refractivity contribution is 0.304. The van der Waals surface area contributed by atoms with E-state index in [-0.39, 0.29) is 5.82 Å². The molecular formula is C22H30FNO. The monoisotopic (exact) mass is 343 g/mol. The first-order chi connectivity index (χ1) is 12.3. The number of rotatable bonds is 12. The minimum absolute atomic E-state index is 0.194. The van der Waals surface area contributed by atoms with Crippen LogP contribution >= 0.6 is 0 Å². The number of halogens is 1.